The summed E-state index contributed by atoms with van der Waals surface area (Å²) in [5.74, 6) is 0.565. The van der Waals surface area contributed by atoms with Gasteiger partial charge >= 0.3 is 0 Å². The number of rotatable bonds is 4. The van der Waals surface area contributed by atoms with Crippen LogP contribution in [0.2, 0.25) is 0 Å². The van der Waals surface area contributed by atoms with Gasteiger partial charge in [-0.2, -0.15) is 0 Å². The lowest BCUT2D eigenvalue weighted by Crippen LogP contribution is -2.07. The number of halogens is 1. The van der Waals surface area contributed by atoms with Gasteiger partial charge in [0.25, 0.3) is 0 Å². The number of imidazole rings is 1. The number of nitrogens with zero attached hydrogens (tertiary/aromatic N) is 5. The Balaban J connectivity index is 1.78. The van der Waals surface area contributed by atoms with Crippen LogP contribution in [-0.4, -0.2) is 24.5 Å². The smallest absolute Gasteiger partial charge is 0.201 e. The number of benzene rings is 1. The largest absolute Gasteiger partial charge is 0.369 e. The molecule has 2 heterocycles. The zero-order chi connectivity index (χ0) is 13.2. The highest BCUT2D eigenvalue weighted by atomic mass is 127. The molecule has 0 unspecified atom stereocenters. The highest BCUT2D eigenvalue weighted by molar-refractivity contribution is 14.1. The molecule has 0 amide bonds. The van der Waals surface area contributed by atoms with E-state index in [4.69, 9.17) is 5.73 Å². The predicted molar refractivity (Wildman–Crippen MR) is 81.5 cm³/mol. The van der Waals surface area contributed by atoms with Gasteiger partial charge in [-0.05, 0) is 47.2 Å². The van der Waals surface area contributed by atoms with Crippen molar-refractivity contribution >= 4 is 39.6 Å². The van der Waals surface area contributed by atoms with Crippen molar-refractivity contribution in [3.63, 3.8) is 0 Å². The second kappa shape index (κ2) is 5.16. The van der Waals surface area contributed by atoms with E-state index in [-0.39, 0.29) is 0 Å². The van der Waals surface area contributed by atoms with Gasteiger partial charge in [0.1, 0.15) is 0 Å². The van der Waals surface area contributed by atoms with Crippen molar-refractivity contribution in [2.75, 3.05) is 5.73 Å². The Bertz CT molecular complexity index is 688. The van der Waals surface area contributed by atoms with Gasteiger partial charge in [0.05, 0.1) is 17.2 Å². The van der Waals surface area contributed by atoms with Gasteiger partial charge in [0.15, 0.2) is 0 Å². The average molecular weight is 368 g/mol. The minimum absolute atomic E-state index is 0.565. The number of aryl methyl sites for hydroxylation is 2. The number of hydrogen-bond acceptors (Lipinski definition) is 4. The minimum atomic E-state index is 0.565. The molecule has 3 rings (SSSR count). The van der Waals surface area contributed by atoms with Crippen LogP contribution >= 0.6 is 22.6 Å². The Morgan fingerprint density at radius 2 is 2.16 bits per heavy atom. The molecule has 0 aliphatic carbocycles. The van der Waals surface area contributed by atoms with Crippen LogP contribution in [0.15, 0.2) is 30.6 Å². The van der Waals surface area contributed by atoms with Crippen LogP contribution in [0.5, 0.6) is 0 Å². The van der Waals surface area contributed by atoms with Crippen LogP contribution in [0, 0.1) is 3.57 Å². The zero-order valence-corrected chi connectivity index (χ0v) is 12.4. The van der Waals surface area contributed by atoms with E-state index in [0.717, 1.165) is 34.1 Å². The van der Waals surface area contributed by atoms with E-state index >= 15 is 0 Å². The Morgan fingerprint density at radius 3 is 2.95 bits per heavy atom. The summed E-state index contributed by atoms with van der Waals surface area (Å²) >= 11 is 2.28. The average Bonchev–Trinajstić information content (AvgIpc) is 2.98. The second-order valence-electron chi connectivity index (χ2n) is 4.27. The van der Waals surface area contributed by atoms with Crippen molar-refractivity contribution < 1.29 is 0 Å². The van der Waals surface area contributed by atoms with Crippen LogP contribution in [0.3, 0.4) is 0 Å². The summed E-state index contributed by atoms with van der Waals surface area (Å²) in [7, 11) is 0. The van der Waals surface area contributed by atoms with Gasteiger partial charge in [-0.1, -0.05) is 5.21 Å². The summed E-state index contributed by atoms with van der Waals surface area (Å²) in [4.78, 5) is 4.39. The van der Waals surface area contributed by atoms with Crippen LogP contribution in [-0.2, 0) is 13.1 Å². The summed E-state index contributed by atoms with van der Waals surface area (Å²) in [6, 6.07) is 6.17. The SMILES string of the molecule is Nc1nc2cc(I)ccc2n1CCCn1ccnn1. The van der Waals surface area contributed by atoms with Crippen LogP contribution in [0.25, 0.3) is 11.0 Å². The van der Waals surface area contributed by atoms with E-state index in [1.807, 2.05) is 21.5 Å². The Kier molecular flexibility index (Phi) is 3.36. The first kappa shape index (κ1) is 12.4. The number of aromatic nitrogens is 5. The molecule has 0 aliphatic heterocycles. The summed E-state index contributed by atoms with van der Waals surface area (Å²) < 4.78 is 5.03. The van der Waals surface area contributed by atoms with Gasteiger partial charge in [0, 0.05) is 22.9 Å². The molecule has 0 saturated heterocycles. The molecule has 2 N–H and O–H groups in total. The van der Waals surface area contributed by atoms with Crippen molar-refractivity contribution in [3.8, 4) is 0 Å². The third-order valence-corrected chi connectivity index (χ3v) is 3.65. The number of fused-ring (bicyclic) bond motifs is 1. The fourth-order valence-corrected chi connectivity index (χ4v) is 2.57. The lowest BCUT2D eigenvalue weighted by molar-refractivity contribution is 0.521. The zero-order valence-electron chi connectivity index (χ0n) is 10.2. The number of nitrogen functional groups attached to an aromatic ring is 1. The maximum absolute atomic E-state index is 5.98. The van der Waals surface area contributed by atoms with Crippen LogP contribution in [0.1, 0.15) is 6.42 Å². The first-order valence-electron chi connectivity index (χ1n) is 5.99. The monoisotopic (exact) mass is 368 g/mol. The van der Waals surface area contributed by atoms with Crippen molar-refractivity contribution in [1.29, 1.82) is 0 Å². The molecule has 1 aromatic carbocycles. The number of anilines is 1. The quantitative estimate of drug-likeness (QED) is 0.714. The standard InChI is InChI=1S/C12H13IN6/c13-9-2-3-11-10(8-9)16-12(14)19(11)6-1-5-18-7-4-15-17-18/h2-4,7-8H,1,5-6H2,(H2,14,16). The molecular weight excluding hydrogens is 355 g/mol. The molecule has 0 spiro atoms. The van der Waals surface area contributed by atoms with Crippen LogP contribution < -0.4 is 5.73 Å². The second-order valence-corrected chi connectivity index (χ2v) is 5.52. The molecule has 2 aromatic heterocycles. The van der Waals surface area contributed by atoms with Crippen molar-refractivity contribution in [2.24, 2.45) is 0 Å². The lowest BCUT2D eigenvalue weighted by atomic mass is 10.3. The first-order chi connectivity index (χ1) is 9.24. The maximum atomic E-state index is 5.98. The number of nitrogens with two attached hydrogens (primary N) is 1. The Morgan fingerprint density at radius 1 is 1.26 bits per heavy atom. The van der Waals surface area contributed by atoms with E-state index in [1.54, 1.807) is 6.20 Å². The van der Waals surface area contributed by atoms with Gasteiger partial charge < -0.3 is 10.3 Å². The summed E-state index contributed by atoms with van der Waals surface area (Å²) in [5, 5.41) is 7.72. The normalized spacial score (nSPS) is 11.2. The van der Waals surface area contributed by atoms with E-state index < -0.39 is 0 Å². The maximum Gasteiger partial charge on any atom is 0.201 e. The summed E-state index contributed by atoms with van der Waals surface area (Å²) in [6.45, 7) is 1.65. The number of hydrogen-bond donors (Lipinski definition) is 1. The first-order valence-corrected chi connectivity index (χ1v) is 7.07. The van der Waals surface area contributed by atoms with Crippen molar-refractivity contribution in [3.05, 3.63) is 34.2 Å². The minimum Gasteiger partial charge on any atom is -0.369 e. The van der Waals surface area contributed by atoms with E-state index in [0.29, 0.717) is 5.95 Å². The third-order valence-electron chi connectivity index (χ3n) is 2.98. The van der Waals surface area contributed by atoms with E-state index in [2.05, 4.69) is 50.0 Å². The molecule has 0 saturated carbocycles. The highest BCUT2D eigenvalue weighted by Crippen LogP contribution is 2.20. The van der Waals surface area contributed by atoms with Gasteiger partial charge in [-0.25, -0.2) is 4.98 Å². The van der Waals surface area contributed by atoms with Crippen LogP contribution in [0.4, 0.5) is 5.95 Å². The third kappa shape index (κ3) is 2.55. The Hall–Kier alpha value is -1.64. The molecule has 0 bridgehead atoms. The Labute approximate surface area is 123 Å². The van der Waals surface area contributed by atoms with Gasteiger partial charge in [0.2, 0.25) is 5.95 Å². The fourth-order valence-electron chi connectivity index (χ4n) is 2.10. The summed E-state index contributed by atoms with van der Waals surface area (Å²) in [6.07, 6.45) is 4.48. The molecule has 19 heavy (non-hydrogen) atoms. The summed E-state index contributed by atoms with van der Waals surface area (Å²) in [5.41, 5.74) is 8.01. The van der Waals surface area contributed by atoms with Gasteiger partial charge in [-0.3, -0.25) is 4.68 Å². The fraction of sp³-hybridized carbons (Fsp3) is 0.250. The van der Waals surface area contributed by atoms with Crippen molar-refractivity contribution in [1.82, 2.24) is 24.5 Å². The molecule has 3 aromatic rings. The molecule has 0 atom stereocenters. The molecule has 7 heteroatoms. The topological polar surface area (TPSA) is 74.5 Å². The predicted octanol–water partition coefficient (Wildman–Crippen LogP) is 1.90. The molecule has 0 aliphatic rings. The molecule has 0 fully saturated rings. The molecule has 6 nitrogen and oxygen atoms in total. The molecular formula is C12H13IN6. The van der Waals surface area contributed by atoms with E-state index in [1.165, 1.54) is 0 Å². The molecule has 0 radical (unpaired) electrons. The highest BCUT2D eigenvalue weighted by Gasteiger charge is 2.08. The van der Waals surface area contributed by atoms with Crippen molar-refractivity contribution in [2.45, 2.75) is 19.5 Å². The lowest BCUT2D eigenvalue weighted by Gasteiger charge is -2.06. The van der Waals surface area contributed by atoms with Gasteiger partial charge in [-0.15, -0.1) is 5.10 Å². The molecule has 98 valence electrons. The van der Waals surface area contributed by atoms with E-state index in [9.17, 15) is 0 Å².